The Morgan fingerprint density at radius 1 is 0.814 bits per heavy atom. The number of rotatable bonds is 13. The lowest BCUT2D eigenvalue weighted by atomic mass is 9.80. The summed E-state index contributed by atoms with van der Waals surface area (Å²) in [5.41, 5.74) is 5.10. The van der Waals surface area contributed by atoms with Gasteiger partial charge in [-0.05, 0) is 56.0 Å². The van der Waals surface area contributed by atoms with Crippen molar-refractivity contribution < 1.29 is 20.4 Å². The van der Waals surface area contributed by atoms with Crippen molar-refractivity contribution in [2.75, 3.05) is 36.1 Å². The number of ether oxygens (including phenoxy) is 2. The van der Waals surface area contributed by atoms with Crippen LogP contribution in [0.25, 0.3) is 0 Å². The van der Waals surface area contributed by atoms with Crippen molar-refractivity contribution in [1.82, 2.24) is 0 Å². The molecule has 0 radical (unpaired) electrons. The van der Waals surface area contributed by atoms with Crippen molar-refractivity contribution >= 4 is 23.3 Å². The standard InChI is InChI=1S/C37H48N2O4/c1-7-42-34(40)24-16-26-38-30-20-14-12-18-28(30)36(3,4)32(38)22-10-9-11-23-33-37(5,6)29-19-13-15-21-31(29)39(33)27-17-25-35(41)43-8-2/h9-15,18-23,32H,7-8,16-17,24-27H2,1-6H3/b11-9+,22-10+,33-23+/i32D. The SMILES string of the molecule is [2H]C1(/C=C/C=C/C=C2/N(CCCC(=O)OCC)c3ccccc3C2(C)C)N(CCCC(=O)OCC)c2ccccc2C1(C)C. The van der Waals surface area contributed by atoms with Gasteiger partial charge in [-0.3, -0.25) is 9.59 Å². The molecule has 0 saturated carbocycles. The number of para-hydroxylation sites is 2. The number of fused-ring (bicyclic) bond motifs is 2. The first-order valence-electron chi connectivity index (χ1n) is 16.1. The molecule has 2 aliphatic heterocycles. The highest BCUT2D eigenvalue weighted by Gasteiger charge is 2.42. The summed E-state index contributed by atoms with van der Waals surface area (Å²) < 4.78 is 20.0. The van der Waals surface area contributed by atoms with Crippen molar-refractivity contribution in [3.05, 3.63) is 95.7 Å². The van der Waals surface area contributed by atoms with E-state index in [2.05, 4.69) is 80.0 Å². The van der Waals surface area contributed by atoms with E-state index in [0.717, 1.165) is 17.8 Å². The lowest BCUT2D eigenvalue weighted by Gasteiger charge is -2.32. The van der Waals surface area contributed by atoms with E-state index in [9.17, 15) is 11.0 Å². The smallest absolute Gasteiger partial charge is 0.305 e. The monoisotopic (exact) mass is 585 g/mol. The number of carbonyl (C=O) groups is 2. The second-order valence-corrected chi connectivity index (χ2v) is 12.1. The van der Waals surface area contributed by atoms with Crippen LogP contribution in [-0.2, 0) is 29.9 Å². The summed E-state index contributed by atoms with van der Waals surface area (Å²) >= 11 is 0. The van der Waals surface area contributed by atoms with Gasteiger partial charge in [-0.1, -0.05) is 88.4 Å². The van der Waals surface area contributed by atoms with E-state index in [1.54, 1.807) is 0 Å². The van der Waals surface area contributed by atoms with Gasteiger partial charge in [-0.2, -0.15) is 0 Å². The topological polar surface area (TPSA) is 59.1 Å². The van der Waals surface area contributed by atoms with E-state index in [1.807, 2.05) is 50.3 Å². The Balaban J connectivity index is 1.56. The molecule has 6 nitrogen and oxygen atoms in total. The number of allylic oxidation sites excluding steroid dienone is 5. The number of hydrogen-bond acceptors (Lipinski definition) is 6. The number of esters is 2. The maximum absolute atomic E-state index is 12.0. The molecule has 43 heavy (non-hydrogen) atoms. The lowest BCUT2D eigenvalue weighted by Crippen LogP contribution is -2.40. The van der Waals surface area contributed by atoms with Gasteiger partial charge in [0, 0.05) is 53.8 Å². The van der Waals surface area contributed by atoms with Crippen LogP contribution in [0.5, 0.6) is 0 Å². The third kappa shape index (κ3) is 7.06. The number of carbonyl (C=O) groups excluding carboxylic acids is 2. The average molecular weight is 586 g/mol. The van der Waals surface area contributed by atoms with Gasteiger partial charge in [0.1, 0.15) is 0 Å². The lowest BCUT2D eigenvalue weighted by molar-refractivity contribution is -0.144. The van der Waals surface area contributed by atoms with Crippen LogP contribution in [0.15, 0.2) is 84.6 Å². The highest BCUT2D eigenvalue weighted by Crippen LogP contribution is 2.48. The highest BCUT2D eigenvalue weighted by atomic mass is 16.5. The molecule has 0 aromatic heterocycles. The van der Waals surface area contributed by atoms with Crippen LogP contribution in [0.3, 0.4) is 0 Å². The summed E-state index contributed by atoms with van der Waals surface area (Å²) in [7, 11) is 0. The minimum atomic E-state index is -1.04. The molecule has 1 atom stereocenters. The molecule has 2 aliphatic rings. The maximum Gasteiger partial charge on any atom is 0.305 e. The molecule has 0 aliphatic carbocycles. The van der Waals surface area contributed by atoms with Crippen molar-refractivity contribution in [2.45, 2.75) is 84.1 Å². The molecule has 230 valence electrons. The quantitative estimate of drug-likeness (QED) is 0.178. The van der Waals surface area contributed by atoms with Crippen molar-refractivity contribution in [2.24, 2.45) is 0 Å². The zero-order chi connectivity index (χ0) is 32.0. The van der Waals surface area contributed by atoms with Gasteiger partial charge < -0.3 is 19.3 Å². The van der Waals surface area contributed by atoms with E-state index in [4.69, 9.17) is 9.47 Å². The normalized spacial score (nSPS) is 21.3. The van der Waals surface area contributed by atoms with E-state index >= 15 is 0 Å². The van der Waals surface area contributed by atoms with Crippen molar-refractivity contribution in [3.63, 3.8) is 0 Å². The van der Waals surface area contributed by atoms with E-state index in [-0.39, 0.29) is 17.4 Å². The fourth-order valence-electron chi connectivity index (χ4n) is 6.35. The van der Waals surface area contributed by atoms with Crippen LogP contribution in [0, 0.1) is 0 Å². The molecule has 0 spiro atoms. The molecule has 2 aromatic carbocycles. The third-order valence-corrected chi connectivity index (χ3v) is 8.46. The number of benzene rings is 2. The number of nitrogens with zero attached hydrogens (tertiary/aromatic N) is 2. The molecule has 4 rings (SSSR count). The summed E-state index contributed by atoms with van der Waals surface area (Å²) in [5.74, 6) is -0.362. The fraction of sp³-hybridized carbons (Fsp3) is 0.459. The van der Waals surface area contributed by atoms with Crippen LogP contribution in [0.2, 0.25) is 0 Å². The fourth-order valence-corrected chi connectivity index (χ4v) is 6.35. The van der Waals surface area contributed by atoms with E-state index in [1.165, 1.54) is 16.9 Å². The van der Waals surface area contributed by atoms with Gasteiger partial charge >= 0.3 is 11.9 Å². The van der Waals surface area contributed by atoms with Crippen molar-refractivity contribution in [1.29, 1.82) is 0 Å². The van der Waals surface area contributed by atoms with Crippen LogP contribution >= 0.6 is 0 Å². The largest absolute Gasteiger partial charge is 0.466 e. The Bertz CT molecular complexity index is 1430. The Morgan fingerprint density at radius 2 is 1.40 bits per heavy atom. The number of anilines is 2. The molecular formula is C37H48N2O4. The van der Waals surface area contributed by atoms with Gasteiger partial charge in [-0.15, -0.1) is 0 Å². The van der Waals surface area contributed by atoms with E-state index < -0.39 is 11.4 Å². The molecule has 1 unspecified atom stereocenters. The first kappa shape index (κ1) is 30.7. The summed E-state index contributed by atoms with van der Waals surface area (Å²) in [6, 6.07) is 15.6. The summed E-state index contributed by atoms with van der Waals surface area (Å²) in [6.07, 6.45) is 12.2. The predicted octanol–water partition coefficient (Wildman–Crippen LogP) is 7.63. The molecule has 2 aromatic rings. The summed E-state index contributed by atoms with van der Waals surface area (Å²) in [5, 5.41) is 0. The molecule has 0 N–H and O–H groups in total. The molecular weight excluding hydrogens is 536 g/mol. The molecule has 0 saturated heterocycles. The second kappa shape index (κ2) is 14.1. The molecule has 2 heterocycles. The van der Waals surface area contributed by atoms with Crippen molar-refractivity contribution in [3.8, 4) is 0 Å². The highest BCUT2D eigenvalue weighted by molar-refractivity contribution is 5.72. The maximum atomic E-state index is 12.0. The van der Waals surface area contributed by atoms with Gasteiger partial charge in [-0.25, -0.2) is 0 Å². The van der Waals surface area contributed by atoms with Gasteiger partial charge in [0.05, 0.1) is 20.6 Å². The molecule has 0 bridgehead atoms. The minimum Gasteiger partial charge on any atom is -0.466 e. The Kier molecular flexibility index (Phi) is 10.1. The second-order valence-electron chi connectivity index (χ2n) is 12.1. The zero-order valence-electron chi connectivity index (χ0n) is 27.7. The third-order valence-electron chi connectivity index (χ3n) is 8.46. The van der Waals surface area contributed by atoms with Crippen LogP contribution in [0.4, 0.5) is 11.4 Å². The van der Waals surface area contributed by atoms with Gasteiger partial charge in [0.25, 0.3) is 0 Å². The average Bonchev–Trinajstić information content (AvgIpc) is 3.30. The molecule has 0 fully saturated rings. The van der Waals surface area contributed by atoms with Crippen LogP contribution < -0.4 is 9.80 Å². The Morgan fingerprint density at radius 3 is 2.05 bits per heavy atom. The predicted molar refractivity (Wildman–Crippen MR) is 176 cm³/mol. The van der Waals surface area contributed by atoms with E-state index in [0.29, 0.717) is 45.4 Å². The Hall–Kier alpha value is -3.80. The van der Waals surface area contributed by atoms with Gasteiger partial charge in [0.15, 0.2) is 0 Å². The Labute approximate surface area is 259 Å². The summed E-state index contributed by atoms with van der Waals surface area (Å²) in [4.78, 5) is 28.4. The minimum absolute atomic E-state index is 0.161. The zero-order valence-corrected chi connectivity index (χ0v) is 26.7. The molecule has 0 amide bonds. The first-order valence-corrected chi connectivity index (χ1v) is 15.6. The number of hydrogen-bond donors (Lipinski definition) is 0. The van der Waals surface area contributed by atoms with Crippen LogP contribution in [0.1, 0.15) is 79.7 Å². The van der Waals surface area contributed by atoms with Gasteiger partial charge in [0.2, 0.25) is 0 Å². The summed E-state index contributed by atoms with van der Waals surface area (Å²) in [6.45, 7) is 14.4. The molecule has 6 heteroatoms. The van der Waals surface area contributed by atoms with Crippen LogP contribution in [-0.4, -0.2) is 44.3 Å². The first-order chi connectivity index (χ1) is 21.0.